The first kappa shape index (κ1) is 15.8. The minimum atomic E-state index is -4.36. The molecule has 23 heavy (non-hydrogen) atoms. The molecule has 0 spiro atoms. The van der Waals surface area contributed by atoms with Gasteiger partial charge in [-0.25, -0.2) is 4.98 Å². The lowest BCUT2D eigenvalue weighted by Crippen LogP contribution is -2.35. The Bertz CT molecular complexity index is 653. The summed E-state index contributed by atoms with van der Waals surface area (Å²) in [5.74, 6) is 1.92. The highest BCUT2D eigenvalue weighted by Gasteiger charge is 2.31. The number of nitrogens with zero attached hydrogens (tertiary/aromatic N) is 4. The largest absolute Gasteiger partial charge is 0.417 e. The van der Waals surface area contributed by atoms with E-state index in [9.17, 15) is 13.2 Å². The number of hydrogen-bond donors (Lipinski definition) is 0. The molecule has 2 aromatic rings. The molecule has 8 heteroatoms. The van der Waals surface area contributed by atoms with Crippen LogP contribution in [-0.4, -0.2) is 28.2 Å². The van der Waals surface area contributed by atoms with Crippen LogP contribution in [0.1, 0.15) is 43.0 Å². The molecule has 1 atom stereocenters. The number of aryl methyl sites for hydroxylation is 1. The van der Waals surface area contributed by atoms with Crippen LogP contribution >= 0.6 is 0 Å². The lowest BCUT2D eigenvalue weighted by molar-refractivity contribution is -0.137. The summed E-state index contributed by atoms with van der Waals surface area (Å²) in [5.41, 5.74) is -0.736. The first-order chi connectivity index (χ1) is 11.0. The van der Waals surface area contributed by atoms with Crippen molar-refractivity contribution in [3.8, 4) is 0 Å². The van der Waals surface area contributed by atoms with Gasteiger partial charge >= 0.3 is 6.18 Å². The van der Waals surface area contributed by atoms with Gasteiger partial charge in [-0.1, -0.05) is 12.1 Å². The van der Waals surface area contributed by atoms with Gasteiger partial charge in [0.15, 0.2) is 5.82 Å². The Morgan fingerprint density at radius 1 is 1.35 bits per heavy atom. The second kappa shape index (κ2) is 6.17. The van der Waals surface area contributed by atoms with Gasteiger partial charge in [0.05, 0.1) is 5.56 Å². The summed E-state index contributed by atoms with van der Waals surface area (Å²) in [6, 6.07) is 2.48. The van der Waals surface area contributed by atoms with Crippen LogP contribution in [0.5, 0.6) is 0 Å². The Kier molecular flexibility index (Phi) is 4.23. The lowest BCUT2D eigenvalue weighted by Gasteiger charge is -2.32. The van der Waals surface area contributed by atoms with E-state index in [1.165, 1.54) is 6.07 Å². The maximum Gasteiger partial charge on any atom is 0.417 e. The predicted octanol–water partition coefficient (Wildman–Crippen LogP) is 3.43. The van der Waals surface area contributed by atoms with Crippen molar-refractivity contribution in [1.29, 1.82) is 0 Å². The van der Waals surface area contributed by atoms with Crippen molar-refractivity contribution in [2.45, 2.75) is 38.3 Å². The zero-order valence-corrected chi connectivity index (χ0v) is 12.7. The minimum Gasteiger partial charge on any atom is -0.356 e. The fraction of sp³-hybridized carbons (Fsp3) is 0.533. The normalized spacial score (nSPS) is 19.1. The Hall–Kier alpha value is -2.12. The SMILES string of the molecule is CCc1nc([C@H]2CCCN(c3ccc(C(F)(F)F)cn3)C2)no1. The molecule has 0 unspecified atom stereocenters. The van der Waals surface area contributed by atoms with Gasteiger partial charge in [-0.15, -0.1) is 0 Å². The van der Waals surface area contributed by atoms with Crippen LogP contribution in [0.25, 0.3) is 0 Å². The number of aromatic nitrogens is 3. The monoisotopic (exact) mass is 326 g/mol. The summed E-state index contributed by atoms with van der Waals surface area (Å²) < 4.78 is 42.9. The molecule has 1 fully saturated rings. The molecule has 1 aliphatic rings. The third-order valence-electron chi connectivity index (χ3n) is 3.97. The van der Waals surface area contributed by atoms with Crippen LogP contribution in [0.4, 0.5) is 19.0 Å². The molecule has 1 aliphatic heterocycles. The van der Waals surface area contributed by atoms with E-state index < -0.39 is 11.7 Å². The molecule has 0 saturated carbocycles. The van der Waals surface area contributed by atoms with Gasteiger partial charge in [0.25, 0.3) is 0 Å². The van der Waals surface area contributed by atoms with Crippen LogP contribution in [0.2, 0.25) is 0 Å². The van der Waals surface area contributed by atoms with Crippen molar-refractivity contribution < 1.29 is 17.7 Å². The van der Waals surface area contributed by atoms with Crippen LogP contribution in [-0.2, 0) is 12.6 Å². The Morgan fingerprint density at radius 2 is 2.17 bits per heavy atom. The summed E-state index contributed by atoms with van der Waals surface area (Å²) in [5, 5.41) is 4.00. The first-order valence-corrected chi connectivity index (χ1v) is 7.58. The van der Waals surface area contributed by atoms with Gasteiger partial charge in [-0.2, -0.15) is 18.2 Å². The fourth-order valence-electron chi connectivity index (χ4n) is 2.71. The highest BCUT2D eigenvalue weighted by Crippen LogP contribution is 2.31. The molecule has 0 N–H and O–H groups in total. The van der Waals surface area contributed by atoms with Crippen molar-refractivity contribution in [2.24, 2.45) is 0 Å². The molecular formula is C15H17F3N4O. The fourth-order valence-corrected chi connectivity index (χ4v) is 2.71. The zero-order chi connectivity index (χ0) is 16.4. The van der Waals surface area contributed by atoms with E-state index in [0.717, 1.165) is 31.6 Å². The Morgan fingerprint density at radius 3 is 2.78 bits per heavy atom. The van der Waals surface area contributed by atoms with Gasteiger partial charge < -0.3 is 9.42 Å². The molecule has 0 aliphatic carbocycles. The summed E-state index contributed by atoms with van der Waals surface area (Å²) in [7, 11) is 0. The van der Waals surface area contributed by atoms with Crippen molar-refractivity contribution in [1.82, 2.24) is 15.1 Å². The van der Waals surface area contributed by atoms with Crippen LogP contribution in [0.15, 0.2) is 22.9 Å². The van der Waals surface area contributed by atoms with E-state index in [0.29, 0.717) is 30.5 Å². The molecule has 5 nitrogen and oxygen atoms in total. The van der Waals surface area contributed by atoms with E-state index in [-0.39, 0.29) is 5.92 Å². The smallest absolute Gasteiger partial charge is 0.356 e. The summed E-state index contributed by atoms with van der Waals surface area (Å²) >= 11 is 0. The molecule has 0 bridgehead atoms. The van der Waals surface area contributed by atoms with Gasteiger partial charge in [0.1, 0.15) is 5.82 Å². The van der Waals surface area contributed by atoms with Crippen LogP contribution < -0.4 is 4.90 Å². The average Bonchev–Trinajstić information content (AvgIpc) is 3.03. The van der Waals surface area contributed by atoms with Crippen molar-refractivity contribution >= 4 is 5.82 Å². The van der Waals surface area contributed by atoms with Crippen molar-refractivity contribution in [3.05, 3.63) is 35.6 Å². The molecule has 2 aromatic heterocycles. The molecule has 0 amide bonds. The quantitative estimate of drug-likeness (QED) is 0.865. The highest BCUT2D eigenvalue weighted by molar-refractivity contribution is 5.41. The third kappa shape index (κ3) is 3.46. The van der Waals surface area contributed by atoms with Gasteiger partial charge in [0.2, 0.25) is 5.89 Å². The summed E-state index contributed by atoms with van der Waals surface area (Å²) in [6.45, 7) is 3.32. The van der Waals surface area contributed by atoms with E-state index in [2.05, 4.69) is 15.1 Å². The average molecular weight is 326 g/mol. The zero-order valence-electron chi connectivity index (χ0n) is 12.7. The summed E-state index contributed by atoms with van der Waals surface area (Å²) in [6.07, 6.45) is -0.966. The lowest BCUT2D eigenvalue weighted by atomic mass is 9.97. The van der Waals surface area contributed by atoms with Gasteiger partial charge in [-0.3, -0.25) is 0 Å². The maximum atomic E-state index is 12.6. The number of rotatable bonds is 3. The second-order valence-electron chi connectivity index (χ2n) is 5.59. The molecule has 3 heterocycles. The van der Waals surface area contributed by atoms with Crippen LogP contribution in [0, 0.1) is 0 Å². The molecule has 0 aromatic carbocycles. The maximum absolute atomic E-state index is 12.6. The number of pyridine rings is 1. The number of hydrogen-bond acceptors (Lipinski definition) is 5. The second-order valence-corrected chi connectivity index (χ2v) is 5.59. The third-order valence-corrected chi connectivity index (χ3v) is 3.97. The van der Waals surface area contributed by atoms with E-state index in [4.69, 9.17) is 4.52 Å². The van der Waals surface area contributed by atoms with Gasteiger partial charge in [-0.05, 0) is 25.0 Å². The number of halogens is 3. The molecule has 1 saturated heterocycles. The highest BCUT2D eigenvalue weighted by atomic mass is 19.4. The standard InChI is InChI=1S/C15H17F3N4O/c1-2-13-20-14(21-23-13)10-4-3-7-22(9-10)12-6-5-11(8-19-12)15(16,17)18/h5-6,8,10H,2-4,7,9H2,1H3/t10-/m0/s1. The number of piperidine rings is 1. The molecule has 124 valence electrons. The van der Waals surface area contributed by atoms with E-state index in [1.54, 1.807) is 0 Å². The minimum absolute atomic E-state index is 0.108. The molecule has 0 radical (unpaired) electrons. The van der Waals surface area contributed by atoms with E-state index in [1.807, 2.05) is 11.8 Å². The Balaban J connectivity index is 1.73. The molecular weight excluding hydrogens is 309 g/mol. The predicted molar refractivity (Wildman–Crippen MR) is 77.1 cm³/mol. The van der Waals surface area contributed by atoms with Crippen molar-refractivity contribution in [2.75, 3.05) is 18.0 Å². The summed E-state index contributed by atoms with van der Waals surface area (Å²) in [4.78, 5) is 10.3. The number of anilines is 1. The first-order valence-electron chi connectivity index (χ1n) is 7.58. The molecule has 3 rings (SSSR count). The number of alkyl halides is 3. The van der Waals surface area contributed by atoms with Gasteiger partial charge in [0, 0.05) is 31.6 Å². The van der Waals surface area contributed by atoms with Crippen LogP contribution in [0.3, 0.4) is 0 Å². The Labute approximate surface area is 131 Å². The van der Waals surface area contributed by atoms with Crippen molar-refractivity contribution in [3.63, 3.8) is 0 Å². The topological polar surface area (TPSA) is 55.1 Å². The van der Waals surface area contributed by atoms with E-state index >= 15 is 0 Å².